The van der Waals surface area contributed by atoms with Gasteiger partial charge in [0.1, 0.15) is 0 Å². The van der Waals surface area contributed by atoms with Crippen LogP contribution in [0.2, 0.25) is 0 Å². The lowest BCUT2D eigenvalue weighted by Gasteiger charge is -2.14. The maximum Gasteiger partial charge on any atom is 0.0672 e. The van der Waals surface area contributed by atoms with E-state index in [4.69, 9.17) is 4.74 Å². The summed E-state index contributed by atoms with van der Waals surface area (Å²) in [6.07, 6.45) is 2.28. The van der Waals surface area contributed by atoms with Gasteiger partial charge < -0.3 is 10.1 Å². The highest BCUT2D eigenvalue weighted by atomic mass is 16.5. The third kappa shape index (κ3) is 7.81. The summed E-state index contributed by atoms with van der Waals surface area (Å²) < 4.78 is 5.46. The smallest absolute Gasteiger partial charge is 0.0672 e. The second-order valence-corrected chi connectivity index (χ2v) is 5.39. The molecule has 0 bridgehead atoms. The van der Waals surface area contributed by atoms with E-state index in [1.807, 2.05) is 6.92 Å². The zero-order valence-corrected chi connectivity index (χ0v) is 12.5. The van der Waals surface area contributed by atoms with Gasteiger partial charge in [-0.3, -0.25) is 0 Å². The molecular formula is C17H27NO. The molecule has 0 radical (unpaired) electrons. The van der Waals surface area contributed by atoms with E-state index in [1.54, 1.807) is 0 Å². The lowest BCUT2D eigenvalue weighted by molar-refractivity contribution is 0.155. The van der Waals surface area contributed by atoms with Crippen LogP contribution in [-0.4, -0.2) is 25.8 Å². The van der Waals surface area contributed by atoms with E-state index in [0.29, 0.717) is 12.6 Å². The van der Waals surface area contributed by atoms with Crippen LogP contribution in [0.5, 0.6) is 0 Å². The standard InChI is InChI=1S/C17H27NO/c1-14(2)13-19-11-10-18-16(4)8-9-17-7-5-6-15(3)12-17/h5-7,12,16,18H,1,8-11,13H2,2-4H3. The minimum atomic E-state index is 0.522. The Morgan fingerprint density at radius 3 is 2.89 bits per heavy atom. The molecule has 1 aromatic rings. The Kier molecular flexibility index (Phi) is 7.46. The topological polar surface area (TPSA) is 21.3 Å². The Morgan fingerprint density at radius 1 is 1.42 bits per heavy atom. The van der Waals surface area contributed by atoms with Crippen molar-refractivity contribution in [1.82, 2.24) is 5.32 Å². The van der Waals surface area contributed by atoms with Crippen LogP contribution in [-0.2, 0) is 11.2 Å². The maximum absolute atomic E-state index is 5.46. The van der Waals surface area contributed by atoms with Gasteiger partial charge in [-0.1, -0.05) is 42.0 Å². The van der Waals surface area contributed by atoms with E-state index in [1.165, 1.54) is 11.1 Å². The summed E-state index contributed by atoms with van der Waals surface area (Å²) in [5.74, 6) is 0. The number of hydrogen-bond acceptors (Lipinski definition) is 2. The van der Waals surface area contributed by atoms with Gasteiger partial charge in [0, 0.05) is 12.6 Å². The monoisotopic (exact) mass is 261 g/mol. The number of benzene rings is 1. The molecule has 19 heavy (non-hydrogen) atoms. The van der Waals surface area contributed by atoms with E-state index in [9.17, 15) is 0 Å². The Morgan fingerprint density at radius 2 is 2.21 bits per heavy atom. The average molecular weight is 261 g/mol. The van der Waals surface area contributed by atoms with Crippen LogP contribution in [0.15, 0.2) is 36.4 Å². The number of nitrogens with one attached hydrogen (secondary N) is 1. The number of aryl methyl sites for hydroxylation is 2. The van der Waals surface area contributed by atoms with Gasteiger partial charge in [0.2, 0.25) is 0 Å². The van der Waals surface area contributed by atoms with Gasteiger partial charge in [-0.15, -0.1) is 0 Å². The molecule has 0 saturated carbocycles. The molecule has 0 aromatic heterocycles. The minimum absolute atomic E-state index is 0.522. The van der Waals surface area contributed by atoms with Gasteiger partial charge in [0.05, 0.1) is 13.2 Å². The number of ether oxygens (including phenoxy) is 1. The summed E-state index contributed by atoms with van der Waals surface area (Å²) in [6.45, 7) is 12.5. The molecule has 0 aliphatic carbocycles. The quantitative estimate of drug-likeness (QED) is 0.542. The van der Waals surface area contributed by atoms with Crippen LogP contribution in [0.1, 0.15) is 31.4 Å². The first-order valence-electron chi connectivity index (χ1n) is 7.09. The molecule has 0 spiro atoms. The largest absolute Gasteiger partial charge is 0.376 e. The summed E-state index contributed by atoms with van der Waals surface area (Å²) >= 11 is 0. The predicted octanol–water partition coefficient (Wildman–Crippen LogP) is 3.50. The van der Waals surface area contributed by atoms with Gasteiger partial charge in [0.15, 0.2) is 0 Å². The summed E-state index contributed by atoms with van der Waals surface area (Å²) in [4.78, 5) is 0. The van der Waals surface area contributed by atoms with Crippen molar-refractivity contribution in [3.63, 3.8) is 0 Å². The van der Waals surface area contributed by atoms with Crippen molar-refractivity contribution in [3.8, 4) is 0 Å². The van der Waals surface area contributed by atoms with Crippen molar-refractivity contribution in [3.05, 3.63) is 47.5 Å². The highest BCUT2D eigenvalue weighted by molar-refractivity contribution is 5.22. The normalized spacial score (nSPS) is 12.4. The fourth-order valence-electron chi connectivity index (χ4n) is 1.98. The maximum atomic E-state index is 5.46. The van der Waals surface area contributed by atoms with Gasteiger partial charge in [0.25, 0.3) is 0 Å². The number of hydrogen-bond donors (Lipinski definition) is 1. The van der Waals surface area contributed by atoms with Crippen molar-refractivity contribution in [1.29, 1.82) is 0 Å². The van der Waals surface area contributed by atoms with E-state index in [-0.39, 0.29) is 0 Å². The highest BCUT2D eigenvalue weighted by Gasteiger charge is 2.02. The van der Waals surface area contributed by atoms with Crippen molar-refractivity contribution in [2.75, 3.05) is 19.8 Å². The molecule has 2 nitrogen and oxygen atoms in total. The highest BCUT2D eigenvalue weighted by Crippen LogP contribution is 2.07. The summed E-state index contributed by atoms with van der Waals surface area (Å²) in [6, 6.07) is 9.27. The third-order valence-electron chi connectivity index (χ3n) is 3.04. The SMILES string of the molecule is C=C(C)COCCNC(C)CCc1cccc(C)c1. The lowest BCUT2D eigenvalue weighted by Crippen LogP contribution is -2.30. The molecule has 0 saturated heterocycles. The molecule has 0 amide bonds. The van der Waals surface area contributed by atoms with E-state index < -0.39 is 0 Å². The van der Waals surface area contributed by atoms with Crippen molar-refractivity contribution in [2.45, 2.75) is 39.7 Å². The fourth-order valence-corrected chi connectivity index (χ4v) is 1.98. The summed E-state index contributed by atoms with van der Waals surface area (Å²) in [7, 11) is 0. The minimum Gasteiger partial charge on any atom is -0.376 e. The summed E-state index contributed by atoms with van der Waals surface area (Å²) in [5.41, 5.74) is 3.84. The molecule has 0 aliphatic heterocycles. The Hall–Kier alpha value is -1.12. The molecule has 0 heterocycles. The van der Waals surface area contributed by atoms with Crippen molar-refractivity contribution >= 4 is 0 Å². The van der Waals surface area contributed by atoms with Gasteiger partial charge >= 0.3 is 0 Å². The molecule has 2 heteroatoms. The Labute approximate surface area is 117 Å². The fraction of sp³-hybridized carbons (Fsp3) is 0.529. The van der Waals surface area contributed by atoms with Crippen molar-refractivity contribution in [2.24, 2.45) is 0 Å². The Balaban J connectivity index is 2.11. The first kappa shape index (κ1) is 15.9. The third-order valence-corrected chi connectivity index (χ3v) is 3.04. The van der Waals surface area contributed by atoms with Crippen LogP contribution in [0.3, 0.4) is 0 Å². The molecule has 1 aromatic carbocycles. The second-order valence-electron chi connectivity index (χ2n) is 5.39. The molecule has 1 rings (SSSR count). The molecule has 1 N–H and O–H groups in total. The zero-order valence-electron chi connectivity index (χ0n) is 12.5. The molecule has 106 valence electrons. The van der Waals surface area contributed by atoms with Crippen LogP contribution in [0.25, 0.3) is 0 Å². The lowest BCUT2D eigenvalue weighted by atomic mass is 10.0. The average Bonchev–Trinajstić information content (AvgIpc) is 2.35. The summed E-state index contributed by atoms with van der Waals surface area (Å²) in [5, 5.41) is 3.49. The van der Waals surface area contributed by atoms with Gasteiger partial charge in [-0.05, 0) is 39.2 Å². The second kappa shape index (κ2) is 8.89. The van der Waals surface area contributed by atoms with Crippen molar-refractivity contribution < 1.29 is 4.74 Å². The van der Waals surface area contributed by atoms with Gasteiger partial charge in [-0.2, -0.15) is 0 Å². The predicted molar refractivity (Wildman–Crippen MR) is 82.6 cm³/mol. The first-order chi connectivity index (χ1) is 9.08. The molecule has 0 fully saturated rings. The molecule has 1 unspecified atom stereocenters. The Bertz CT molecular complexity index is 387. The van der Waals surface area contributed by atoms with E-state index >= 15 is 0 Å². The van der Waals surface area contributed by atoms with Crippen LogP contribution >= 0.6 is 0 Å². The number of rotatable bonds is 9. The molecule has 1 atom stereocenters. The van der Waals surface area contributed by atoms with E-state index in [0.717, 1.165) is 31.6 Å². The van der Waals surface area contributed by atoms with Gasteiger partial charge in [-0.25, -0.2) is 0 Å². The van der Waals surface area contributed by atoms with Crippen LogP contribution in [0, 0.1) is 6.92 Å². The van der Waals surface area contributed by atoms with Crippen LogP contribution in [0.4, 0.5) is 0 Å². The molecule has 0 aliphatic rings. The van der Waals surface area contributed by atoms with Crippen LogP contribution < -0.4 is 5.32 Å². The first-order valence-corrected chi connectivity index (χ1v) is 7.09. The van der Waals surface area contributed by atoms with E-state index in [2.05, 4.69) is 50.0 Å². The molecular weight excluding hydrogens is 234 g/mol. The zero-order chi connectivity index (χ0) is 14.1.